The maximum absolute atomic E-state index is 13.0. The second-order valence-corrected chi connectivity index (χ2v) is 10.4. The second kappa shape index (κ2) is 8.13. The molecule has 5 unspecified atom stereocenters. The smallest absolute Gasteiger partial charge is 0.262 e. The Hall–Kier alpha value is -1.82. The molecule has 2 aromatic rings. The third kappa shape index (κ3) is 3.96. The molecule has 5 atom stereocenters. The van der Waals surface area contributed by atoms with E-state index in [1.54, 1.807) is 4.57 Å². The third-order valence-corrected chi connectivity index (χ3v) is 7.81. The van der Waals surface area contributed by atoms with E-state index in [0.717, 1.165) is 11.8 Å². The summed E-state index contributed by atoms with van der Waals surface area (Å²) in [6, 6.07) is 7.59. The maximum Gasteiger partial charge on any atom is 0.262 e. The van der Waals surface area contributed by atoms with Crippen molar-refractivity contribution in [3.05, 3.63) is 34.6 Å². The van der Waals surface area contributed by atoms with Crippen LogP contribution < -0.4 is 10.9 Å². The summed E-state index contributed by atoms with van der Waals surface area (Å²) in [4.78, 5) is 30.6. The van der Waals surface area contributed by atoms with Crippen LogP contribution >= 0.6 is 11.8 Å². The van der Waals surface area contributed by atoms with Gasteiger partial charge in [-0.2, -0.15) is 0 Å². The number of para-hydroxylation sites is 1. The lowest BCUT2D eigenvalue weighted by atomic mass is 9.84. The fourth-order valence-electron chi connectivity index (χ4n) is 5.23. The van der Waals surface area contributed by atoms with Gasteiger partial charge in [-0.05, 0) is 76.8 Å². The van der Waals surface area contributed by atoms with E-state index in [1.165, 1.54) is 37.4 Å². The first-order valence-corrected chi connectivity index (χ1v) is 11.7. The van der Waals surface area contributed by atoms with Gasteiger partial charge < -0.3 is 5.32 Å². The van der Waals surface area contributed by atoms with Gasteiger partial charge in [0.2, 0.25) is 5.91 Å². The van der Waals surface area contributed by atoms with Crippen molar-refractivity contribution in [3.8, 4) is 0 Å². The minimum absolute atomic E-state index is 0.0228. The van der Waals surface area contributed by atoms with Gasteiger partial charge in [-0.25, -0.2) is 4.98 Å². The Balaban J connectivity index is 1.50. The van der Waals surface area contributed by atoms with Gasteiger partial charge in [0.05, 0.1) is 16.2 Å². The maximum atomic E-state index is 13.0. The second-order valence-electron chi connectivity index (χ2n) is 9.08. The Morgan fingerprint density at radius 2 is 1.93 bits per heavy atom. The molecule has 1 heterocycles. The van der Waals surface area contributed by atoms with Crippen molar-refractivity contribution in [2.45, 2.75) is 75.9 Å². The summed E-state index contributed by atoms with van der Waals surface area (Å²) in [5.41, 5.74) is 0.635. The standard InChI is InChI=1S/C23H31N3O2S/c1-13(2)26-22(28)18-7-5-6-8-20(18)25-23(26)29-15(4)21(27)24-14(3)19-12-16-9-10-17(19)11-16/h5-8,13-17,19H,9-12H2,1-4H3,(H,24,27). The van der Waals surface area contributed by atoms with E-state index < -0.39 is 0 Å². The van der Waals surface area contributed by atoms with Crippen LogP contribution in [0.15, 0.2) is 34.2 Å². The predicted molar refractivity (Wildman–Crippen MR) is 118 cm³/mol. The SMILES string of the molecule is CC(Sc1nc2ccccc2c(=O)n1C(C)C)C(=O)NC(C)C1CC2CCC1C2. The quantitative estimate of drug-likeness (QED) is 0.563. The summed E-state index contributed by atoms with van der Waals surface area (Å²) >= 11 is 1.38. The topological polar surface area (TPSA) is 64.0 Å². The lowest BCUT2D eigenvalue weighted by Crippen LogP contribution is -2.43. The zero-order valence-electron chi connectivity index (χ0n) is 17.7. The summed E-state index contributed by atoms with van der Waals surface area (Å²) in [6.45, 7) is 8.01. The van der Waals surface area contributed by atoms with E-state index >= 15 is 0 Å². The molecule has 4 rings (SSSR count). The summed E-state index contributed by atoms with van der Waals surface area (Å²) in [5.74, 6) is 2.30. The van der Waals surface area contributed by atoms with Crippen LogP contribution in [0, 0.1) is 17.8 Å². The van der Waals surface area contributed by atoms with E-state index in [1.807, 2.05) is 45.0 Å². The Morgan fingerprint density at radius 1 is 1.17 bits per heavy atom. The number of carbonyl (C=O) groups excluding carboxylic acids is 1. The highest BCUT2D eigenvalue weighted by atomic mass is 32.2. The number of hydrogen-bond acceptors (Lipinski definition) is 4. The number of carbonyl (C=O) groups is 1. The first-order chi connectivity index (χ1) is 13.8. The highest BCUT2D eigenvalue weighted by Crippen LogP contribution is 2.49. The summed E-state index contributed by atoms with van der Waals surface area (Å²) in [5, 5.41) is 4.17. The van der Waals surface area contributed by atoms with Crippen molar-refractivity contribution in [1.82, 2.24) is 14.9 Å². The van der Waals surface area contributed by atoms with E-state index in [9.17, 15) is 9.59 Å². The van der Waals surface area contributed by atoms with Gasteiger partial charge in [0.25, 0.3) is 5.56 Å². The molecule has 2 fully saturated rings. The van der Waals surface area contributed by atoms with Crippen LogP contribution in [0.1, 0.15) is 59.4 Å². The Morgan fingerprint density at radius 3 is 2.59 bits per heavy atom. The summed E-state index contributed by atoms with van der Waals surface area (Å²) in [7, 11) is 0. The molecule has 156 valence electrons. The fourth-order valence-corrected chi connectivity index (χ4v) is 6.28. The molecular weight excluding hydrogens is 382 g/mol. The predicted octanol–water partition coefficient (Wildman–Crippen LogP) is 4.40. The average Bonchev–Trinajstić information content (AvgIpc) is 3.31. The molecule has 2 aliphatic carbocycles. The van der Waals surface area contributed by atoms with Gasteiger partial charge in [0, 0.05) is 12.1 Å². The van der Waals surface area contributed by atoms with Crippen molar-refractivity contribution in [3.63, 3.8) is 0 Å². The zero-order chi connectivity index (χ0) is 20.7. The van der Waals surface area contributed by atoms with E-state index in [2.05, 4.69) is 12.2 Å². The first kappa shape index (κ1) is 20.5. The van der Waals surface area contributed by atoms with Crippen LogP contribution in [0.4, 0.5) is 0 Å². The monoisotopic (exact) mass is 413 g/mol. The van der Waals surface area contributed by atoms with E-state index in [4.69, 9.17) is 4.98 Å². The van der Waals surface area contributed by atoms with Gasteiger partial charge in [-0.15, -0.1) is 0 Å². The van der Waals surface area contributed by atoms with Gasteiger partial charge in [0.15, 0.2) is 5.16 Å². The molecule has 0 saturated heterocycles. The van der Waals surface area contributed by atoms with Gasteiger partial charge in [-0.1, -0.05) is 30.3 Å². The number of benzene rings is 1. The molecule has 0 radical (unpaired) electrons. The number of amides is 1. The van der Waals surface area contributed by atoms with Crippen LogP contribution in [-0.4, -0.2) is 26.8 Å². The van der Waals surface area contributed by atoms with Crippen molar-refractivity contribution in [2.75, 3.05) is 0 Å². The fraction of sp³-hybridized carbons (Fsp3) is 0.609. The number of aromatic nitrogens is 2. The lowest BCUT2D eigenvalue weighted by Gasteiger charge is -2.29. The molecule has 1 N–H and O–H groups in total. The van der Waals surface area contributed by atoms with Crippen LogP contribution in [-0.2, 0) is 4.79 Å². The van der Waals surface area contributed by atoms with E-state index in [0.29, 0.717) is 22.0 Å². The van der Waals surface area contributed by atoms with Gasteiger partial charge in [0.1, 0.15) is 0 Å². The van der Waals surface area contributed by atoms with Crippen LogP contribution in [0.25, 0.3) is 10.9 Å². The molecule has 1 aromatic heterocycles. The molecule has 2 aliphatic rings. The van der Waals surface area contributed by atoms with Crippen molar-refractivity contribution >= 4 is 28.6 Å². The van der Waals surface area contributed by atoms with Crippen LogP contribution in [0.2, 0.25) is 0 Å². The lowest BCUT2D eigenvalue weighted by molar-refractivity contribution is -0.121. The minimum Gasteiger partial charge on any atom is -0.352 e. The van der Waals surface area contributed by atoms with Crippen LogP contribution in [0.3, 0.4) is 0 Å². The molecular formula is C23H31N3O2S. The average molecular weight is 414 g/mol. The molecule has 0 spiro atoms. The highest BCUT2D eigenvalue weighted by Gasteiger charge is 2.42. The highest BCUT2D eigenvalue weighted by molar-refractivity contribution is 8.00. The molecule has 6 heteroatoms. The Labute approximate surface area is 176 Å². The third-order valence-electron chi connectivity index (χ3n) is 6.75. The largest absolute Gasteiger partial charge is 0.352 e. The molecule has 1 amide bonds. The molecule has 5 nitrogen and oxygen atoms in total. The number of nitrogens with one attached hydrogen (secondary N) is 1. The number of rotatable bonds is 6. The minimum atomic E-state index is -0.311. The summed E-state index contributed by atoms with van der Waals surface area (Å²) < 4.78 is 1.70. The Kier molecular flexibility index (Phi) is 5.74. The molecule has 2 bridgehead atoms. The van der Waals surface area contributed by atoms with Gasteiger partial charge in [-0.3, -0.25) is 14.2 Å². The number of fused-ring (bicyclic) bond motifs is 3. The Bertz CT molecular complexity index is 970. The molecule has 2 saturated carbocycles. The molecule has 0 aliphatic heterocycles. The van der Waals surface area contributed by atoms with Crippen molar-refractivity contribution in [2.24, 2.45) is 17.8 Å². The first-order valence-electron chi connectivity index (χ1n) is 10.8. The summed E-state index contributed by atoms with van der Waals surface area (Å²) in [6.07, 6.45) is 5.29. The number of nitrogens with zero attached hydrogens (tertiary/aromatic N) is 2. The number of thioether (sulfide) groups is 1. The van der Waals surface area contributed by atoms with E-state index in [-0.39, 0.29) is 28.8 Å². The molecule has 29 heavy (non-hydrogen) atoms. The van der Waals surface area contributed by atoms with Crippen LogP contribution in [0.5, 0.6) is 0 Å². The van der Waals surface area contributed by atoms with Crippen molar-refractivity contribution in [1.29, 1.82) is 0 Å². The normalized spacial score (nSPS) is 25.5. The molecule has 1 aromatic carbocycles. The zero-order valence-corrected chi connectivity index (χ0v) is 18.5. The number of hydrogen-bond donors (Lipinski definition) is 1. The van der Waals surface area contributed by atoms with Crippen molar-refractivity contribution < 1.29 is 4.79 Å². The van der Waals surface area contributed by atoms with Gasteiger partial charge >= 0.3 is 0 Å².